The van der Waals surface area contributed by atoms with Gasteiger partial charge in [0.1, 0.15) is 5.01 Å². The van der Waals surface area contributed by atoms with E-state index in [9.17, 15) is 5.11 Å². The number of aromatic nitrogens is 1. The fraction of sp³-hybridized carbons (Fsp3) is 0.308. The minimum Gasteiger partial charge on any atom is -0.498 e. The van der Waals surface area contributed by atoms with E-state index in [4.69, 9.17) is 0 Å². The van der Waals surface area contributed by atoms with Gasteiger partial charge in [0.15, 0.2) is 5.06 Å². The van der Waals surface area contributed by atoms with E-state index in [2.05, 4.69) is 37.9 Å². The maximum absolute atomic E-state index is 9.57. The summed E-state index contributed by atoms with van der Waals surface area (Å²) >= 11 is 1.34. The van der Waals surface area contributed by atoms with E-state index in [0.29, 0.717) is 10.8 Å². The number of hydrogen-bond donors (Lipinski definition) is 1. The zero-order chi connectivity index (χ0) is 11.9. The van der Waals surface area contributed by atoms with Crippen LogP contribution in [0.1, 0.15) is 22.4 Å². The van der Waals surface area contributed by atoms with Gasteiger partial charge < -0.3 is 5.11 Å². The van der Waals surface area contributed by atoms with Crippen LogP contribution in [0.2, 0.25) is 0 Å². The Labute approximate surface area is 99.6 Å². The van der Waals surface area contributed by atoms with E-state index in [-0.39, 0.29) is 0 Å². The third kappa shape index (κ3) is 1.71. The van der Waals surface area contributed by atoms with Gasteiger partial charge >= 0.3 is 0 Å². The molecule has 2 nitrogen and oxygen atoms in total. The van der Waals surface area contributed by atoms with Crippen LogP contribution in [0.3, 0.4) is 0 Å². The molecule has 1 aromatic heterocycles. The molecule has 84 valence electrons. The van der Waals surface area contributed by atoms with Gasteiger partial charge in [0, 0.05) is 5.56 Å². The number of rotatable bonds is 1. The molecular weight excluding hydrogens is 218 g/mol. The minimum absolute atomic E-state index is 0.313. The van der Waals surface area contributed by atoms with Crippen LogP contribution in [-0.2, 0) is 0 Å². The molecule has 0 fully saturated rings. The van der Waals surface area contributed by atoms with E-state index in [0.717, 1.165) is 10.6 Å². The molecule has 1 heterocycles. The quantitative estimate of drug-likeness (QED) is 0.813. The molecule has 0 aliphatic rings. The van der Waals surface area contributed by atoms with Crippen molar-refractivity contribution in [2.75, 3.05) is 0 Å². The van der Waals surface area contributed by atoms with Gasteiger partial charge in [0.05, 0.1) is 5.69 Å². The molecule has 0 bridgehead atoms. The van der Waals surface area contributed by atoms with Crippen LogP contribution in [0.5, 0.6) is 5.06 Å². The normalized spacial score (nSPS) is 10.8. The molecule has 0 radical (unpaired) electrons. The molecule has 0 atom stereocenters. The summed E-state index contributed by atoms with van der Waals surface area (Å²) < 4.78 is 0. The average Bonchev–Trinajstić information content (AvgIpc) is 2.56. The Hall–Kier alpha value is -1.35. The van der Waals surface area contributed by atoms with Crippen molar-refractivity contribution < 1.29 is 5.11 Å². The van der Waals surface area contributed by atoms with Gasteiger partial charge in [-0.3, -0.25) is 0 Å². The van der Waals surface area contributed by atoms with Crippen molar-refractivity contribution in [2.24, 2.45) is 0 Å². The molecule has 3 heteroatoms. The van der Waals surface area contributed by atoms with Gasteiger partial charge in [0.2, 0.25) is 0 Å². The summed E-state index contributed by atoms with van der Waals surface area (Å²) in [6, 6.07) is 4.18. The van der Waals surface area contributed by atoms with Crippen molar-refractivity contribution in [3.05, 3.63) is 34.5 Å². The molecule has 16 heavy (non-hydrogen) atoms. The number of aryl methyl sites for hydroxylation is 2. The van der Waals surface area contributed by atoms with Crippen molar-refractivity contribution in [2.45, 2.75) is 27.7 Å². The van der Waals surface area contributed by atoms with Crippen LogP contribution < -0.4 is 0 Å². The summed E-state index contributed by atoms with van der Waals surface area (Å²) in [4.78, 5) is 4.38. The first-order valence-electron chi connectivity index (χ1n) is 5.24. The van der Waals surface area contributed by atoms with Gasteiger partial charge in [-0.15, -0.1) is 0 Å². The fourth-order valence-electron chi connectivity index (χ4n) is 1.69. The summed E-state index contributed by atoms with van der Waals surface area (Å²) in [5, 5.41) is 10.8. The lowest BCUT2D eigenvalue weighted by Crippen LogP contribution is -1.90. The van der Waals surface area contributed by atoms with Crippen molar-refractivity contribution in [3.8, 4) is 15.6 Å². The maximum atomic E-state index is 9.57. The standard InChI is InChI=1S/C13H15NOS/c1-7-5-6-11(9(3)8(7)2)12-14-10(4)13(15)16-12/h5-6,15H,1-4H3. The monoisotopic (exact) mass is 233 g/mol. The van der Waals surface area contributed by atoms with Crippen LogP contribution >= 0.6 is 11.3 Å². The van der Waals surface area contributed by atoms with E-state index < -0.39 is 0 Å². The van der Waals surface area contributed by atoms with Gasteiger partial charge in [0.25, 0.3) is 0 Å². The van der Waals surface area contributed by atoms with Crippen LogP contribution in [-0.4, -0.2) is 10.1 Å². The third-order valence-corrected chi connectivity index (χ3v) is 4.05. The van der Waals surface area contributed by atoms with Crippen LogP contribution in [0, 0.1) is 27.7 Å². The molecule has 0 unspecified atom stereocenters. The van der Waals surface area contributed by atoms with Gasteiger partial charge in [-0.25, -0.2) is 4.98 Å². The lowest BCUT2D eigenvalue weighted by Gasteiger charge is -2.08. The maximum Gasteiger partial charge on any atom is 0.195 e. The second-order valence-corrected chi connectivity index (χ2v) is 5.07. The van der Waals surface area contributed by atoms with E-state index >= 15 is 0 Å². The highest BCUT2D eigenvalue weighted by molar-refractivity contribution is 7.16. The lowest BCUT2D eigenvalue weighted by molar-refractivity contribution is 0.485. The SMILES string of the molecule is Cc1ccc(-c2nc(C)c(O)s2)c(C)c1C. The highest BCUT2D eigenvalue weighted by Gasteiger charge is 2.12. The predicted octanol–water partition coefficient (Wildman–Crippen LogP) is 3.75. The highest BCUT2D eigenvalue weighted by atomic mass is 32.1. The summed E-state index contributed by atoms with van der Waals surface area (Å²) in [5.74, 6) is 0. The van der Waals surface area contributed by atoms with Crippen molar-refractivity contribution in [3.63, 3.8) is 0 Å². The molecule has 1 N–H and O–H groups in total. The van der Waals surface area contributed by atoms with Gasteiger partial charge in [-0.2, -0.15) is 0 Å². The Bertz CT molecular complexity index is 524. The predicted molar refractivity (Wildman–Crippen MR) is 68.2 cm³/mol. The van der Waals surface area contributed by atoms with Crippen molar-refractivity contribution in [1.82, 2.24) is 4.98 Å². The van der Waals surface area contributed by atoms with Crippen LogP contribution in [0.4, 0.5) is 0 Å². The Morgan fingerprint density at radius 1 is 1.06 bits per heavy atom. The molecule has 0 spiro atoms. The first-order valence-corrected chi connectivity index (χ1v) is 6.06. The highest BCUT2D eigenvalue weighted by Crippen LogP contribution is 2.35. The van der Waals surface area contributed by atoms with E-state index in [1.165, 1.54) is 28.0 Å². The number of benzene rings is 1. The fourth-order valence-corrected chi connectivity index (χ4v) is 2.58. The van der Waals surface area contributed by atoms with Gasteiger partial charge in [-0.05, 0) is 44.4 Å². The molecule has 0 aliphatic carbocycles. The Morgan fingerprint density at radius 3 is 2.31 bits per heavy atom. The molecule has 0 aliphatic heterocycles. The number of nitrogens with zero attached hydrogens (tertiary/aromatic N) is 1. The topological polar surface area (TPSA) is 33.1 Å². The Balaban J connectivity index is 2.61. The van der Waals surface area contributed by atoms with Gasteiger partial charge in [-0.1, -0.05) is 23.5 Å². The van der Waals surface area contributed by atoms with Crippen molar-refractivity contribution >= 4 is 11.3 Å². The molecule has 0 saturated heterocycles. The molecular formula is C13H15NOS. The Morgan fingerprint density at radius 2 is 1.75 bits per heavy atom. The number of hydrogen-bond acceptors (Lipinski definition) is 3. The summed E-state index contributed by atoms with van der Waals surface area (Å²) in [6.07, 6.45) is 0. The van der Waals surface area contributed by atoms with Crippen LogP contribution in [0.25, 0.3) is 10.6 Å². The average molecular weight is 233 g/mol. The second-order valence-electron chi connectivity index (χ2n) is 4.09. The minimum atomic E-state index is 0.313. The summed E-state index contributed by atoms with van der Waals surface area (Å²) in [7, 11) is 0. The van der Waals surface area contributed by atoms with Crippen LogP contribution in [0.15, 0.2) is 12.1 Å². The van der Waals surface area contributed by atoms with E-state index in [1.807, 2.05) is 6.92 Å². The zero-order valence-corrected chi connectivity index (χ0v) is 10.8. The molecule has 2 rings (SSSR count). The first-order chi connectivity index (χ1) is 7.50. The number of aromatic hydroxyl groups is 1. The zero-order valence-electron chi connectivity index (χ0n) is 9.96. The van der Waals surface area contributed by atoms with Crippen molar-refractivity contribution in [1.29, 1.82) is 0 Å². The number of thiazole rings is 1. The Kier molecular flexibility index (Phi) is 2.72. The largest absolute Gasteiger partial charge is 0.498 e. The molecule has 0 saturated carbocycles. The molecule has 1 aromatic carbocycles. The first kappa shape index (κ1) is 11.1. The summed E-state index contributed by atoms with van der Waals surface area (Å²) in [5.41, 5.74) is 5.66. The molecule has 0 amide bonds. The summed E-state index contributed by atoms with van der Waals surface area (Å²) in [6.45, 7) is 8.16. The smallest absolute Gasteiger partial charge is 0.195 e. The second kappa shape index (κ2) is 3.91. The van der Waals surface area contributed by atoms with E-state index in [1.54, 1.807) is 0 Å². The lowest BCUT2D eigenvalue weighted by atomic mass is 9.99. The third-order valence-electron chi connectivity index (χ3n) is 3.06. The molecule has 2 aromatic rings.